The fraction of sp³-hybridized carbons (Fsp3) is 0.133. The number of ether oxygens (including phenoxy) is 2. The van der Waals surface area contributed by atoms with Crippen LogP contribution in [0.2, 0.25) is 30.1 Å². The Morgan fingerprint density at radius 3 is 0.883 bits per heavy atom. The largest absolute Gasteiger partial charge is 0.644 e. The first-order chi connectivity index (χ1) is 28.3. The molecule has 0 amide bonds. The summed E-state index contributed by atoms with van der Waals surface area (Å²) in [6, 6.07) is 31.4. The first kappa shape index (κ1) is 46.7. The topological polar surface area (TPSA) is 109 Å². The molecule has 0 aliphatic carbocycles. The van der Waals surface area contributed by atoms with E-state index in [0.717, 1.165) is 0 Å². The van der Waals surface area contributed by atoms with E-state index in [0.29, 0.717) is 123 Å². The molecule has 0 fully saturated rings. The molecule has 0 saturated heterocycles. The Morgan fingerprint density at radius 2 is 0.667 bits per heavy atom. The van der Waals surface area contributed by atoms with Gasteiger partial charge in [-0.2, -0.15) is 0 Å². The van der Waals surface area contributed by atoms with Crippen molar-refractivity contribution in [3.8, 4) is 11.4 Å². The van der Waals surface area contributed by atoms with Crippen molar-refractivity contribution in [2.45, 2.75) is 27.7 Å². The van der Waals surface area contributed by atoms with E-state index >= 15 is 0 Å². The van der Waals surface area contributed by atoms with Crippen LogP contribution in [0.1, 0.15) is 78.5 Å². The minimum absolute atomic E-state index is 0. The van der Waals surface area contributed by atoms with Crippen LogP contribution in [0.3, 0.4) is 0 Å². The average Bonchev–Trinajstić information content (AvgIpc) is 4.02. The maximum Gasteiger partial charge on any atom is 0.302 e. The Bertz CT molecular complexity index is 2370. The van der Waals surface area contributed by atoms with Gasteiger partial charge in [-0.05, 0) is 185 Å². The number of halogens is 6. The first-order valence-electron chi connectivity index (χ1n) is 18.1. The van der Waals surface area contributed by atoms with Crippen molar-refractivity contribution in [1.29, 1.82) is 0 Å². The predicted octanol–water partition coefficient (Wildman–Crippen LogP) is 11.6. The summed E-state index contributed by atoms with van der Waals surface area (Å²) in [5, 5.41) is 2.74. The van der Waals surface area contributed by atoms with Crippen molar-refractivity contribution in [2.75, 3.05) is 13.2 Å². The molecule has 0 spiro atoms. The maximum atomic E-state index is 9.82. The molecule has 8 nitrogen and oxygen atoms in total. The first-order valence-corrected chi connectivity index (χ1v) is 20.4. The minimum atomic E-state index is -0.211. The van der Waals surface area contributed by atoms with Gasteiger partial charge < -0.3 is 29.4 Å². The summed E-state index contributed by atoms with van der Waals surface area (Å²) in [5.41, 5.74) is 6.77. The number of carbonyl (C=O) groups is 2. The fourth-order valence-electron chi connectivity index (χ4n) is 6.35. The zero-order chi connectivity index (χ0) is 42.4. The van der Waals surface area contributed by atoms with Gasteiger partial charge >= 0.3 is 11.9 Å². The molecule has 15 heteroatoms. The van der Waals surface area contributed by atoms with Gasteiger partial charge in [0.15, 0.2) is 0 Å². The molecule has 5 heterocycles. The van der Waals surface area contributed by atoms with Crippen LogP contribution >= 0.6 is 69.6 Å². The summed E-state index contributed by atoms with van der Waals surface area (Å²) in [6.07, 6.45) is 0. The van der Waals surface area contributed by atoms with Gasteiger partial charge in [-0.3, -0.25) is 9.59 Å². The number of hydrogen-bond donors (Lipinski definition) is 0. The van der Waals surface area contributed by atoms with E-state index in [-0.39, 0.29) is 29.0 Å². The van der Waals surface area contributed by atoms with Crippen molar-refractivity contribution in [1.82, 2.24) is 19.9 Å². The van der Waals surface area contributed by atoms with E-state index < -0.39 is 0 Å². The van der Waals surface area contributed by atoms with Gasteiger partial charge in [-0.1, -0.05) is 11.4 Å². The van der Waals surface area contributed by atoms with E-state index in [9.17, 15) is 9.59 Å². The number of fused-ring (bicyclic) bond motifs is 9. The Hall–Kier alpha value is -4.41. The number of aromatic nitrogens is 4. The van der Waals surface area contributed by atoms with Crippen molar-refractivity contribution < 1.29 is 36.1 Å². The zero-order valence-electron chi connectivity index (χ0n) is 32.3. The van der Waals surface area contributed by atoms with Crippen molar-refractivity contribution in [3.05, 3.63) is 202 Å². The second kappa shape index (κ2) is 20.9. The van der Waals surface area contributed by atoms with E-state index in [1.807, 2.05) is 48.5 Å². The van der Waals surface area contributed by atoms with E-state index in [4.69, 9.17) is 89.5 Å². The van der Waals surface area contributed by atoms with Gasteiger partial charge in [0.2, 0.25) is 0 Å². The summed E-state index contributed by atoms with van der Waals surface area (Å²) < 4.78 is 8.81. The molecule has 7 aromatic rings. The normalized spacial score (nSPS) is 11.5. The van der Waals surface area contributed by atoms with Crippen LogP contribution < -0.4 is 19.9 Å². The minimum Gasteiger partial charge on any atom is -0.644 e. The molecule has 8 rings (SSSR count). The Kier molecular flexibility index (Phi) is 16.3. The third-order valence-corrected chi connectivity index (χ3v) is 10.6. The SMILES string of the molecule is CCOC(C)=O.CCOC(C)=O.Clc1cccc(Cl)c1[C+]1c2ccc([n-]2)-c2ccc([n-]2)[C+](c2c(Cl)cccc2Cl)c2ccc([n-]2)[C+](c2c(Cl)cccc2Cl)c2ccc1[n-]2.[Mn]. The molecule has 3 aromatic carbocycles. The van der Waals surface area contributed by atoms with Gasteiger partial charge in [-0.15, -0.1) is 11.4 Å². The summed E-state index contributed by atoms with van der Waals surface area (Å²) in [6.45, 7) is 7.31. The van der Waals surface area contributed by atoms with Crippen LogP contribution in [-0.2, 0) is 36.1 Å². The Morgan fingerprint density at radius 1 is 0.433 bits per heavy atom. The predicted molar refractivity (Wildman–Crippen MR) is 234 cm³/mol. The summed E-state index contributed by atoms with van der Waals surface area (Å²) >= 11 is 40.9. The second-order valence-corrected chi connectivity index (χ2v) is 15.1. The molecule has 0 atom stereocenters. The van der Waals surface area contributed by atoms with Gasteiger partial charge in [0.1, 0.15) is 46.8 Å². The van der Waals surface area contributed by atoms with Gasteiger partial charge in [0, 0.05) is 72.9 Å². The molecule has 1 aliphatic heterocycles. The molecule has 60 heavy (non-hydrogen) atoms. The van der Waals surface area contributed by atoms with Crippen LogP contribution in [-0.4, -0.2) is 25.2 Å². The third-order valence-electron chi connectivity index (χ3n) is 8.69. The zero-order valence-corrected chi connectivity index (χ0v) is 38.0. The summed E-state index contributed by atoms with van der Waals surface area (Å²) in [5.74, 6) is 1.54. The van der Waals surface area contributed by atoms with Crippen molar-refractivity contribution >= 4 is 81.5 Å². The number of nitrogens with zero attached hydrogens (tertiary/aromatic N) is 4. The Balaban J connectivity index is 0.000000463. The number of carbonyl (C=O) groups excluding carboxylic acids is 2. The van der Waals surface area contributed by atoms with E-state index in [1.165, 1.54) is 13.8 Å². The number of rotatable bonds is 5. The molecule has 1 radical (unpaired) electrons. The molecule has 0 unspecified atom stereocenters. The van der Waals surface area contributed by atoms with Crippen LogP contribution in [0.15, 0.2) is 103 Å². The summed E-state index contributed by atoms with van der Waals surface area (Å²) in [7, 11) is 0. The monoisotopic (exact) mass is 958 g/mol. The van der Waals surface area contributed by atoms with Gasteiger partial charge in [0.25, 0.3) is 0 Å². The van der Waals surface area contributed by atoms with Crippen LogP contribution in [0.4, 0.5) is 0 Å². The van der Waals surface area contributed by atoms with E-state index in [1.54, 1.807) is 68.4 Å². The molecule has 8 bridgehead atoms. The van der Waals surface area contributed by atoms with E-state index in [2.05, 4.69) is 9.47 Å². The molecular formula is C45H33Cl6MnN4O4-. The molecule has 0 saturated carbocycles. The molecular weight excluding hydrogens is 928 g/mol. The van der Waals surface area contributed by atoms with Gasteiger partial charge in [0.05, 0.1) is 13.2 Å². The Labute approximate surface area is 389 Å². The quantitative estimate of drug-likeness (QED) is 0.0953. The molecule has 307 valence electrons. The standard InChI is InChI=1S/C37H17Cl6N4.2C4H8O2.Mn/c38-18-4-1-5-19(39)32(18)35-26-12-10-24(44-26)25-11-13-27(45-25)36(33-20(40)6-2-7-21(33)41)29-15-17-31(47-29)37(30-16-14-28(35)46-30)34-22(42)8-3-9-23(34)43;2*1-3-6-4(2)5;/h1-17H;2*3H2,1-2H3;/q-1;;;. The van der Waals surface area contributed by atoms with Crippen LogP contribution in [0.25, 0.3) is 11.4 Å². The smallest absolute Gasteiger partial charge is 0.302 e. The van der Waals surface area contributed by atoms with Crippen molar-refractivity contribution in [3.63, 3.8) is 0 Å². The van der Waals surface area contributed by atoms with Gasteiger partial charge in [-0.25, -0.2) is 0 Å². The second-order valence-electron chi connectivity index (χ2n) is 12.6. The van der Waals surface area contributed by atoms with Crippen molar-refractivity contribution in [2.24, 2.45) is 0 Å². The number of esters is 2. The maximum absolute atomic E-state index is 9.82. The third kappa shape index (κ3) is 10.4. The molecule has 1 aliphatic rings. The molecule has 4 aromatic heterocycles. The fourth-order valence-corrected chi connectivity index (χ4v) is 8.11. The average molecular weight is 961 g/mol. The van der Waals surface area contributed by atoms with Crippen LogP contribution in [0, 0.1) is 17.8 Å². The molecule has 0 N–H and O–H groups in total. The summed E-state index contributed by atoms with van der Waals surface area (Å²) in [4.78, 5) is 39.9. The van der Waals surface area contributed by atoms with Crippen LogP contribution in [0.5, 0.6) is 0 Å². The number of benzene rings is 3. The number of hydrogen-bond acceptors (Lipinski definition) is 4.